The maximum absolute atomic E-state index is 11.7. The fourth-order valence-corrected chi connectivity index (χ4v) is 0.891. The van der Waals surface area contributed by atoms with Crippen molar-refractivity contribution in [1.82, 2.24) is 0 Å². The summed E-state index contributed by atoms with van der Waals surface area (Å²) in [6.45, 7) is 1.90. The van der Waals surface area contributed by atoms with E-state index in [4.69, 9.17) is 0 Å². The number of hydrogen-bond donors (Lipinski definition) is 0. The van der Waals surface area contributed by atoms with Crippen molar-refractivity contribution in [2.45, 2.75) is 31.7 Å². The summed E-state index contributed by atoms with van der Waals surface area (Å²) in [7, 11) is -5.47. The Labute approximate surface area is 80.7 Å². The Morgan fingerprint density at radius 3 is 2.36 bits per heavy atom. The smallest absolute Gasteiger partial charge is 0.384 e. The molecule has 0 aromatic rings. The minimum Gasteiger partial charge on any atom is -0.384 e. The van der Waals surface area contributed by atoms with Crippen molar-refractivity contribution in [3.8, 4) is 0 Å². The molecule has 0 unspecified atom stereocenters. The van der Waals surface area contributed by atoms with Crippen LogP contribution in [0.2, 0.25) is 0 Å². The lowest BCUT2D eigenvalue weighted by atomic mass is 10.2. The van der Waals surface area contributed by atoms with Crippen molar-refractivity contribution in [2.75, 3.05) is 0 Å². The standard InChI is InChI=1S/C7H11F3O3S/c1-2-3-4-5-6-13-14(11,12)7(8,9)10/h5-6H,2-4H2,1H3. The molecule has 0 aliphatic rings. The molecule has 0 amide bonds. The van der Waals surface area contributed by atoms with E-state index in [1.165, 1.54) is 6.08 Å². The second-order valence-corrected chi connectivity index (χ2v) is 4.07. The number of hydrogen-bond acceptors (Lipinski definition) is 3. The number of unbranched alkanes of at least 4 members (excludes halogenated alkanes) is 2. The molecule has 7 heteroatoms. The third-order valence-corrected chi connectivity index (χ3v) is 2.22. The number of allylic oxidation sites excluding steroid dienone is 1. The Bertz CT molecular complexity index is 279. The summed E-state index contributed by atoms with van der Waals surface area (Å²) in [5, 5.41) is 0. The van der Waals surface area contributed by atoms with E-state index in [1.54, 1.807) is 0 Å². The average Bonchev–Trinajstić information content (AvgIpc) is 2.02. The second kappa shape index (κ2) is 5.23. The van der Waals surface area contributed by atoms with Crippen LogP contribution in [-0.4, -0.2) is 13.9 Å². The summed E-state index contributed by atoms with van der Waals surface area (Å²) in [5.74, 6) is 0. The fraction of sp³-hybridized carbons (Fsp3) is 0.714. The molecule has 0 saturated carbocycles. The molecule has 0 atom stereocenters. The highest BCUT2D eigenvalue weighted by Gasteiger charge is 2.47. The molecule has 0 saturated heterocycles. The molecule has 3 nitrogen and oxygen atoms in total. The van der Waals surface area contributed by atoms with Crippen LogP contribution in [0.15, 0.2) is 12.3 Å². The lowest BCUT2D eigenvalue weighted by molar-refractivity contribution is -0.0515. The van der Waals surface area contributed by atoms with Crippen molar-refractivity contribution in [2.24, 2.45) is 0 Å². The predicted molar refractivity (Wildman–Crippen MR) is 44.7 cm³/mol. The van der Waals surface area contributed by atoms with Gasteiger partial charge in [0.25, 0.3) is 0 Å². The van der Waals surface area contributed by atoms with Gasteiger partial charge in [0.15, 0.2) is 0 Å². The molecule has 0 fully saturated rings. The van der Waals surface area contributed by atoms with E-state index in [2.05, 4.69) is 4.18 Å². The van der Waals surface area contributed by atoms with Gasteiger partial charge in [-0.15, -0.1) is 0 Å². The minimum atomic E-state index is -5.47. The molecule has 84 valence electrons. The normalized spacial score (nSPS) is 13.4. The highest BCUT2D eigenvalue weighted by molar-refractivity contribution is 7.87. The molecule has 0 spiro atoms. The SMILES string of the molecule is CCCCC=COS(=O)(=O)C(F)(F)F. The van der Waals surface area contributed by atoms with E-state index in [9.17, 15) is 21.6 Å². The quantitative estimate of drug-likeness (QED) is 0.316. The highest BCUT2D eigenvalue weighted by atomic mass is 32.2. The topological polar surface area (TPSA) is 43.4 Å². The molecule has 0 aromatic heterocycles. The second-order valence-electron chi connectivity index (χ2n) is 2.51. The van der Waals surface area contributed by atoms with Crippen LogP contribution in [0.5, 0.6) is 0 Å². The Balaban J connectivity index is 4.08. The summed E-state index contributed by atoms with van der Waals surface area (Å²) in [4.78, 5) is 0. The summed E-state index contributed by atoms with van der Waals surface area (Å²) in [5.41, 5.74) is -5.36. The van der Waals surface area contributed by atoms with Crippen LogP contribution in [0.25, 0.3) is 0 Å². The molecule has 14 heavy (non-hydrogen) atoms. The molecule has 0 radical (unpaired) electrons. The molecule has 0 aliphatic carbocycles. The maximum atomic E-state index is 11.7. The molecule has 0 aromatic carbocycles. The monoisotopic (exact) mass is 232 g/mol. The van der Waals surface area contributed by atoms with Gasteiger partial charge in [-0.2, -0.15) is 21.6 Å². The van der Waals surface area contributed by atoms with Crippen molar-refractivity contribution >= 4 is 10.1 Å². The zero-order valence-corrected chi connectivity index (χ0v) is 8.36. The fourth-order valence-electron chi connectivity index (χ4n) is 0.557. The molecule has 0 aliphatic heterocycles. The molecular formula is C7H11F3O3S. The molecule has 0 rings (SSSR count). The Morgan fingerprint density at radius 1 is 1.36 bits per heavy atom. The van der Waals surface area contributed by atoms with E-state index in [1.807, 2.05) is 6.92 Å². The van der Waals surface area contributed by atoms with Gasteiger partial charge in [0.2, 0.25) is 0 Å². The van der Waals surface area contributed by atoms with Gasteiger partial charge in [0.05, 0.1) is 0 Å². The highest BCUT2D eigenvalue weighted by Crippen LogP contribution is 2.24. The van der Waals surface area contributed by atoms with Crippen LogP contribution in [0, 0.1) is 0 Å². The van der Waals surface area contributed by atoms with Crippen molar-refractivity contribution in [3.05, 3.63) is 12.3 Å². The van der Waals surface area contributed by atoms with Crippen LogP contribution < -0.4 is 0 Å². The van der Waals surface area contributed by atoms with E-state index in [0.29, 0.717) is 12.7 Å². The minimum absolute atomic E-state index is 0.490. The maximum Gasteiger partial charge on any atom is 0.534 e. The van der Waals surface area contributed by atoms with Gasteiger partial charge in [-0.3, -0.25) is 0 Å². The van der Waals surface area contributed by atoms with Gasteiger partial charge in [0.1, 0.15) is 6.26 Å². The van der Waals surface area contributed by atoms with E-state index in [0.717, 1.165) is 12.8 Å². The molecule has 0 bridgehead atoms. The average molecular weight is 232 g/mol. The van der Waals surface area contributed by atoms with Crippen molar-refractivity contribution in [1.29, 1.82) is 0 Å². The summed E-state index contributed by atoms with van der Waals surface area (Å²) in [6.07, 6.45) is 3.93. The molecule has 0 N–H and O–H groups in total. The van der Waals surface area contributed by atoms with Crippen LogP contribution in [-0.2, 0) is 14.3 Å². The van der Waals surface area contributed by atoms with E-state index >= 15 is 0 Å². The van der Waals surface area contributed by atoms with Gasteiger partial charge in [0, 0.05) is 0 Å². The Morgan fingerprint density at radius 2 is 1.93 bits per heavy atom. The van der Waals surface area contributed by atoms with Crippen LogP contribution in [0.3, 0.4) is 0 Å². The number of halogens is 3. The van der Waals surface area contributed by atoms with Crippen molar-refractivity contribution < 1.29 is 25.8 Å². The van der Waals surface area contributed by atoms with Gasteiger partial charge in [-0.05, 0) is 18.9 Å². The Hall–Kier alpha value is -0.720. The third kappa shape index (κ3) is 4.50. The zero-order chi connectivity index (χ0) is 11.2. The lowest BCUT2D eigenvalue weighted by Crippen LogP contribution is -2.23. The largest absolute Gasteiger partial charge is 0.534 e. The Kier molecular flexibility index (Phi) is 4.96. The molecular weight excluding hydrogens is 221 g/mol. The molecule has 0 heterocycles. The van der Waals surface area contributed by atoms with Crippen molar-refractivity contribution in [3.63, 3.8) is 0 Å². The first-order valence-electron chi connectivity index (χ1n) is 3.96. The summed E-state index contributed by atoms with van der Waals surface area (Å²) in [6, 6.07) is 0. The van der Waals surface area contributed by atoms with Crippen LogP contribution >= 0.6 is 0 Å². The van der Waals surface area contributed by atoms with Gasteiger partial charge < -0.3 is 4.18 Å². The first-order chi connectivity index (χ1) is 6.31. The first-order valence-corrected chi connectivity index (χ1v) is 5.36. The first kappa shape index (κ1) is 13.3. The van der Waals surface area contributed by atoms with Gasteiger partial charge in [-0.25, -0.2) is 0 Å². The zero-order valence-electron chi connectivity index (χ0n) is 7.54. The predicted octanol–water partition coefficient (Wildman–Crippen LogP) is 2.56. The lowest BCUT2D eigenvalue weighted by Gasteiger charge is -2.05. The number of rotatable bonds is 5. The van der Waals surface area contributed by atoms with E-state index in [-0.39, 0.29) is 0 Å². The summed E-state index contributed by atoms with van der Waals surface area (Å²) >= 11 is 0. The van der Waals surface area contributed by atoms with E-state index < -0.39 is 15.6 Å². The van der Waals surface area contributed by atoms with Gasteiger partial charge in [-0.1, -0.05) is 13.3 Å². The third-order valence-electron chi connectivity index (χ3n) is 1.29. The van der Waals surface area contributed by atoms with Gasteiger partial charge >= 0.3 is 15.6 Å². The number of alkyl halides is 3. The summed E-state index contributed by atoms with van der Waals surface area (Å²) < 4.78 is 59.2. The van der Waals surface area contributed by atoms with Crippen LogP contribution in [0.4, 0.5) is 13.2 Å². The van der Waals surface area contributed by atoms with Crippen LogP contribution in [0.1, 0.15) is 26.2 Å².